The van der Waals surface area contributed by atoms with Crippen LogP contribution in [0.4, 0.5) is 8.78 Å². The first kappa shape index (κ1) is 13.3. The predicted molar refractivity (Wildman–Crippen MR) is 73.4 cm³/mol. The molecule has 1 atom stereocenters. The van der Waals surface area contributed by atoms with Crippen LogP contribution in [0.5, 0.6) is 0 Å². The highest BCUT2D eigenvalue weighted by Crippen LogP contribution is 2.36. The van der Waals surface area contributed by atoms with Gasteiger partial charge in [0, 0.05) is 11.6 Å². The summed E-state index contributed by atoms with van der Waals surface area (Å²) in [6.45, 7) is 1.58. The van der Waals surface area contributed by atoms with Crippen LogP contribution in [0.2, 0.25) is 0 Å². The Hall–Kier alpha value is -1.74. The summed E-state index contributed by atoms with van der Waals surface area (Å²) in [5.41, 5.74) is 2.96. The standard InChI is InChI=1S/C17H16F2O/c1-10-6-14(16(19)9-15(10)18)17(20)13-7-11-4-2-3-5-12(11)8-13/h2-6,9,13,17,20H,7-8H2,1H3. The monoisotopic (exact) mass is 274 g/mol. The molecule has 104 valence electrons. The summed E-state index contributed by atoms with van der Waals surface area (Å²) in [5, 5.41) is 10.4. The molecule has 3 rings (SSSR count). The summed E-state index contributed by atoms with van der Waals surface area (Å²) < 4.78 is 27.2. The third-order valence-electron chi connectivity index (χ3n) is 4.13. The van der Waals surface area contributed by atoms with Gasteiger partial charge in [-0.15, -0.1) is 0 Å². The van der Waals surface area contributed by atoms with Crippen LogP contribution in [0, 0.1) is 24.5 Å². The van der Waals surface area contributed by atoms with Gasteiger partial charge < -0.3 is 5.11 Å². The van der Waals surface area contributed by atoms with Crippen molar-refractivity contribution >= 4 is 0 Å². The SMILES string of the molecule is Cc1cc(C(O)C2Cc3ccccc3C2)c(F)cc1F. The van der Waals surface area contributed by atoms with E-state index in [0.29, 0.717) is 5.56 Å². The molecule has 1 N–H and O–H groups in total. The minimum Gasteiger partial charge on any atom is -0.388 e. The number of hydrogen-bond donors (Lipinski definition) is 1. The van der Waals surface area contributed by atoms with E-state index in [1.807, 2.05) is 24.3 Å². The summed E-state index contributed by atoms with van der Waals surface area (Å²) in [6.07, 6.45) is 0.558. The summed E-state index contributed by atoms with van der Waals surface area (Å²) >= 11 is 0. The van der Waals surface area contributed by atoms with Gasteiger partial charge in [-0.05, 0) is 48.4 Å². The second-order valence-electron chi connectivity index (χ2n) is 5.50. The Morgan fingerprint density at radius 1 is 1.05 bits per heavy atom. The fourth-order valence-electron chi connectivity index (χ4n) is 2.98. The van der Waals surface area contributed by atoms with Gasteiger partial charge in [0.25, 0.3) is 0 Å². The normalized spacial score (nSPS) is 16.2. The van der Waals surface area contributed by atoms with E-state index in [0.717, 1.165) is 18.9 Å². The molecule has 0 fully saturated rings. The minimum atomic E-state index is -0.901. The highest BCUT2D eigenvalue weighted by molar-refractivity contribution is 5.35. The van der Waals surface area contributed by atoms with Crippen molar-refractivity contribution in [2.75, 3.05) is 0 Å². The Labute approximate surface area is 116 Å². The van der Waals surface area contributed by atoms with Gasteiger partial charge in [-0.1, -0.05) is 24.3 Å². The number of halogens is 2. The summed E-state index contributed by atoms with van der Waals surface area (Å²) in [4.78, 5) is 0. The second kappa shape index (κ2) is 4.98. The molecule has 1 aliphatic rings. The van der Waals surface area contributed by atoms with Crippen molar-refractivity contribution in [2.24, 2.45) is 5.92 Å². The quantitative estimate of drug-likeness (QED) is 0.885. The molecule has 2 aromatic carbocycles. The third kappa shape index (κ3) is 2.22. The first-order chi connectivity index (χ1) is 9.56. The van der Waals surface area contributed by atoms with Gasteiger partial charge in [0.05, 0.1) is 6.10 Å². The molecule has 0 aliphatic heterocycles. The van der Waals surface area contributed by atoms with Gasteiger partial charge in [-0.25, -0.2) is 8.78 Å². The van der Waals surface area contributed by atoms with Crippen LogP contribution in [0.25, 0.3) is 0 Å². The summed E-state index contributed by atoms with van der Waals surface area (Å²) in [6, 6.07) is 10.3. The van der Waals surface area contributed by atoms with E-state index in [4.69, 9.17) is 0 Å². The van der Waals surface area contributed by atoms with Crippen LogP contribution in [0.1, 0.15) is 28.4 Å². The van der Waals surface area contributed by atoms with Crippen LogP contribution < -0.4 is 0 Å². The molecule has 0 heterocycles. The predicted octanol–water partition coefficient (Wildman–Crippen LogP) is 3.72. The lowest BCUT2D eigenvalue weighted by molar-refractivity contribution is 0.109. The van der Waals surface area contributed by atoms with E-state index in [-0.39, 0.29) is 11.5 Å². The van der Waals surface area contributed by atoms with Crippen LogP contribution in [-0.2, 0) is 12.8 Å². The van der Waals surface area contributed by atoms with Gasteiger partial charge >= 0.3 is 0 Å². The number of aryl methyl sites for hydroxylation is 1. The van der Waals surface area contributed by atoms with Crippen LogP contribution >= 0.6 is 0 Å². The van der Waals surface area contributed by atoms with E-state index in [2.05, 4.69) is 0 Å². The van der Waals surface area contributed by atoms with Crippen LogP contribution in [0.3, 0.4) is 0 Å². The smallest absolute Gasteiger partial charge is 0.131 e. The molecule has 1 aliphatic carbocycles. The van der Waals surface area contributed by atoms with Crippen LogP contribution in [-0.4, -0.2) is 5.11 Å². The topological polar surface area (TPSA) is 20.2 Å². The van der Waals surface area contributed by atoms with Crippen molar-refractivity contribution in [3.63, 3.8) is 0 Å². The number of aliphatic hydroxyl groups is 1. The molecule has 0 saturated carbocycles. The van der Waals surface area contributed by atoms with Gasteiger partial charge in [-0.2, -0.15) is 0 Å². The maximum Gasteiger partial charge on any atom is 0.131 e. The molecular formula is C17H16F2O. The average Bonchev–Trinajstić information content (AvgIpc) is 2.86. The highest BCUT2D eigenvalue weighted by Gasteiger charge is 2.30. The lowest BCUT2D eigenvalue weighted by Crippen LogP contribution is -2.15. The Kier molecular flexibility index (Phi) is 3.30. The molecule has 1 nitrogen and oxygen atoms in total. The molecule has 2 aromatic rings. The number of benzene rings is 2. The van der Waals surface area contributed by atoms with E-state index < -0.39 is 17.7 Å². The van der Waals surface area contributed by atoms with E-state index in [1.165, 1.54) is 17.2 Å². The molecule has 0 aromatic heterocycles. The molecule has 0 spiro atoms. The van der Waals surface area contributed by atoms with Crippen molar-refractivity contribution in [2.45, 2.75) is 25.9 Å². The average molecular weight is 274 g/mol. The zero-order valence-corrected chi connectivity index (χ0v) is 11.2. The van der Waals surface area contributed by atoms with Gasteiger partial charge in [0.15, 0.2) is 0 Å². The van der Waals surface area contributed by atoms with E-state index >= 15 is 0 Å². The molecule has 1 unspecified atom stereocenters. The third-order valence-corrected chi connectivity index (χ3v) is 4.13. The highest BCUT2D eigenvalue weighted by atomic mass is 19.1. The molecular weight excluding hydrogens is 258 g/mol. The Balaban J connectivity index is 1.88. The van der Waals surface area contributed by atoms with Crippen LogP contribution in [0.15, 0.2) is 36.4 Å². The van der Waals surface area contributed by atoms with Crippen molar-refractivity contribution < 1.29 is 13.9 Å². The molecule has 0 amide bonds. The fourth-order valence-corrected chi connectivity index (χ4v) is 2.98. The van der Waals surface area contributed by atoms with E-state index in [9.17, 15) is 13.9 Å². The molecule has 3 heteroatoms. The Bertz CT molecular complexity index is 626. The van der Waals surface area contributed by atoms with Gasteiger partial charge in [0.2, 0.25) is 0 Å². The number of aliphatic hydroxyl groups excluding tert-OH is 1. The lowest BCUT2D eigenvalue weighted by atomic mass is 9.92. The minimum absolute atomic E-state index is 0.0493. The van der Waals surface area contributed by atoms with Crippen molar-refractivity contribution in [3.8, 4) is 0 Å². The number of rotatable bonds is 2. The lowest BCUT2D eigenvalue weighted by Gasteiger charge is -2.19. The van der Waals surface area contributed by atoms with Crippen molar-refractivity contribution in [3.05, 3.63) is 70.3 Å². The molecule has 0 saturated heterocycles. The Morgan fingerprint density at radius 2 is 1.65 bits per heavy atom. The summed E-state index contributed by atoms with van der Waals surface area (Å²) in [7, 11) is 0. The van der Waals surface area contributed by atoms with Crippen molar-refractivity contribution in [1.82, 2.24) is 0 Å². The summed E-state index contributed by atoms with van der Waals surface area (Å²) in [5.74, 6) is -1.29. The largest absolute Gasteiger partial charge is 0.388 e. The number of hydrogen-bond acceptors (Lipinski definition) is 1. The molecule has 0 radical (unpaired) electrons. The zero-order valence-electron chi connectivity index (χ0n) is 11.2. The number of fused-ring (bicyclic) bond motifs is 1. The maximum atomic E-state index is 13.9. The van der Waals surface area contributed by atoms with Gasteiger partial charge in [0.1, 0.15) is 11.6 Å². The molecule has 0 bridgehead atoms. The fraction of sp³-hybridized carbons (Fsp3) is 0.294. The van der Waals surface area contributed by atoms with Gasteiger partial charge in [-0.3, -0.25) is 0 Å². The Morgan fingerprint density at radius 3 is 2.25 bits per heavy atom. The maximum absolute atomic E-state index is 13.9. The second-order valence-corrected chi connectivity index (χ2v) is 5.50. The first-order valence-corrected chi connectivity index (χ1v) is 6.76. The molecule has 20 heavy (non-hydrogen) atoms. The van der Waals surface area contributed by atoms with E-state index in [1.54, 1.807) is 6.92 Å². The van der Waals surface area contributed by atoms with Crippen molar-refractivity contribution in [1.29, 1.82) is 0 Å². The first-order valence-electron chi connectivity index (χ1n) is 6.76. The zero-order chi connectivity index (χ0) is 14.3.